The Kier molecular flexibility index (Phi) is 7.29. The summed E-state index contributed by atoms with van der Waals surface area (Å²) in [6, 6.07) is 3.29. The molecule has 0 radical (unpaired) electrons. The molecule has 7 heteroatoms. The highest BCUT2D eigenvalue weighted by molar-refractivity contribution is 5.95. The monoisotopic (exact) mass is 466 g/mol. The van der Waals surface area contributed by atoms with Gasteiger partial charge in [-0.1, -0.05) is 31.4 Å². The van der Waals surface area contributed by atoms with Crippen LogP contribution in [0.15, 0.2) is 30.5 Å². The molecule has 34 heavy (non-hydrogen) atoms. The molecule has 2 unspecified atom stereocenters. The van der Waals surface area contributed by atoms with E-state index in [1.807, 2.05) is 16.7 Å². The number of nitrogens with one attached hydrogen (secondary N) is 2. The molecule has 0 saturated heterocycles. The van der Waals surface area contributed by atoms with Gasteiger partial charge in [-0.2, -0.15) is 0 Å². The Morgan fingerprint density at radius 1 is 1.18 bits per heavy atom. The van der Waals surface area contributed by atoms with Gasteiger partial charge >= 0.3 is 5.97 Å². The summed E-state index contributed by atoms with van der Waals surface area (Å²) in [5, 5.41) is 16.1. The van der Waals surface area contributed by atoms with Crippen LogP contribution in [0.5, 0.6) is 0 Å². The van der Waals surface area contributed by atoms with Gasteiger partial charge in [0.25, 0.3) is 5.91 Å². The van der Waals surface area contributed by atoms with Crippen molar-refractivity contribution >= 4 is 23.3 Å². The summed E-state index contributed by atoms with van der Waals surface area (Å²) < 4.78 is 2.03. The molecule has 2 heterocycles. The van der Waals surface area contributed by atoms with Crippen LogP contribution in [0.4, 0.5) is 5.82 Å². The lowest BCUT2D eigenvalue weighted by molar-refractivity contribution is -0.137. The molecular weight excluding hydrogens is 428 g/mol. The largest absolute Gasteiger partial charge is 0.481 e. The predicted molar refractivity (Wildman–Crippen MR) is 134 cm³/mol. The molecule has 0 spiro atoms. The second kappa shape index (κ2) is 10.2. The molecule has 2 aromatic rings. The molecule has 0 aromatic carbocycles. The van der Waals surface area contributed by atoms with E-state index in [4.69, 9.17) is 4.98 Å². The lowest BCUT2D eigenvalue weighted by Gasteiger charge is -2.30. The number of amides is 1. The van der Waals surface area contributed by atoms with E-state index in [0.717, 1.165) is 62.1 Å². The van der Waals surface area contributed by atoms with E-state index >= 15 is 0 Å². The van der Waals surface area contributed by atoms with Crippen molar-refractivity contribution in [1.82, 2.24) is 14.7 Å². The van der Waals surface area contributed by atoms with E-state index in [-0.39, 0.29) is 29.8 Å². The predicted octanol–water partition coefficient (Wildman–Crippen LogP) is 5.52. The second-order valence-corrected chi connectivity index (χ2v) is 10.9. The van der Waals surface area contributed by atoms with Crippen LogP contribution in [0, 0.1) is 5.92 Å². The topological polar surface area (TPSA) is 95.7 Å². The molecule has 1 amide bonds. The lowest BCUT2D eigenvalue weighted by atomic mass is 9.82. The zero-order chi connectivity index (χ0) is 24.3. The van der Waals surface area contributed by atoms with Crippen molar-refractivity contribution in [3.8, 4) is 0 Å². The number of carbonyl (C=O) groups excluding carboxylic acids is 1. The summed E-state index contributed by atoms with van der Waals surface area (Å²) in [6.45, 7) is 6.39. The minimum Gasteiger partial charge on any atom is -0.481 e. The van der Waals surface area contributed by atoms with Crippen molar-refractivity contribution < 1.29 is 14.7 Å². The molecule has 2 atom stereocenters. The number of allylic oxidation sites excluding steroid dienone is 2. The molecule has 4 rings (SSSR count). The number of carboxylic acid groups (broad SMARTS) is 1. The maximum Gasteiger partial charge on any atom is 0.305 e. The number of hydrogen-bond acceptors (Lipinski definition) is 4. The second-order valence-electron chi connectivity index (χ2n) is 10.9. The SMILES string of the molecule is CC(C)(C)Nc1c(C2CC=CCC2)nc2cc(C(=O)NC(CC(=O)O)C3CCCCC3)ccn12. The Morgan fingerprint density at radius 2 is 1.94 bits per heavy atom. The molecule has 184 valence electrons. The van der Waals surface area contributed by atoms with Crippen molar-refractivity contribution in [1.29, 1.82) is 0 Å². The number of carboxylic acids is 1. The van der Waals surface area contributed by atoms with Crippen molar-refractivity contribution in [2.75, 3.05) is 5.32 Å². The number of fused-ring (bicyclic) bond motifs is 1. The third kappa shape index (κ3) is 5.80. The van der Waals surface area contributed by atoms with Crippen molar-refractivity contribution in [2.45, 2.75) is 96.1 Å². The van der Waals surface area contributed by atoms with Gasteiger partial charge in [-0.25, -0.2) is 4.98 Å². The summed E-state index contributed by atoms with van der Waals surface area (Å²) in [4.78, 5) is 29.6. The van der Waals surface area contributed by atoms with Gasteiger partial charge in [0.15, 0.2) is 0 Å². The van der Waals surface area contributed by atoms with Gasteiger partial charge in [0.05, 0.1) is 12.1 Å². The number of anilines is 1. The van der Waals surface area contributed by atoms with Crippen molar-refractivity contribution in [3.05, 3.63) is 41.7 Å². The van der Waals surface area contributed by atoms with Crippen LogP contribution in [0.1, 0.15) is 101 Å². The van der Waals surface area contributed by atoms with Crippen LogP contribution in [-0.2, 0) is 4.79 Å². The third-order valence-electron chi connectivity index (χ3n) is 6.99. The molecule has 1 fully saturated rings. The van der Waals surface area contributed by atoms with E-state index in [1.54, 1.807) is 6.07 Å². The molecule has 2 aromatic heterocycles. The van der Waals surface area contributed by atoms with Crippen molar-refractivity contribution in [2.24, 2.45) is 5.92 Å². The van der Waals surface area contributed by atoms with Gasteiger partial charge in [-0.15, -0.1) is 0 Å². The van der Waals surface area contributed by atoms with E-state index in [0.29, 0.717) is 11.5 Å². The first-order valence-electron chi connectivity index (χ1n) is 12.7. The van der Waals surface area contributed by atoms with Crippen LogP contribution in [0.3, 0.4) is 0 Å². The number of pyridine rings is 1. The maximum atomic E-state index is 13.2. The number of carbonyl (C=O) groups is 2. The standard InChI is InChI=1S/C27H38N4O3/c1-27(2,3)30-25-24(19-12-8-5-9-13-19)29-22-16-20(14-15-31(22)25)26(34)28-21(17-23(32)33)18-10-6-4-7-11-18/h5,8,14-16,18-19,21,30H,4,6-7,9-13,17H2,1-3H3,(H,28,34)(H,32,33). The van der Waals surface area contributed by atoms with Crippen LogP contribution in [0.2, 0.25) is 0 Å². The van der Waals surface area contributed by atoms with Crippen LogP contribution in [0.25, 0.3) is 5.65 Å². The Morgan fingerprint density at radius 3 is 2.59 bits per heavy atom. The molecule has 1 saturated carbocycles. The first-order chi connectivity index (χ1) is 16.2. The molecule has 0 bridgehead atoms. The van der Waals surface area contributed by atoms with E-state index in [9.17, 15) is 14.7 Å². The number of imidazole rings is 1. The van der Waals surface area contributed by atoms with Gasteiger partial charge in [-0.05, 0) is 70.9 Å². The van der Waals surface area contributed by atoms with Crippen LogP contribution in [-0.4, -0.2) is 37.9 Å². The minimum absolute atomic E-state index is 0.0407. The van der Waals surface area contributed by atoms with Gasteiger partial charge in [0.1, 0.15) is 11.5 Å². The Labute approximate surface area is 202 Å². The van der Waals surface area contributed by atoms with E-state index in [2.05, 4.69) is 43.6 Å². The maximum absolute atomic E-state index is 13.2. The highest BCUT2D eigenvalue weighted by atomic mass is 16.4. The molecule has 0 aliphatic heterocycles. The van der Waals surface area contributed by atoms with Crippen LogP contribution >= 0.6 is 0 Å². The number of hydrogen-bond donors (Lipinski definition) is 3. The van der Waals surface area contributed by atoms with Gasteiger partial charge in [0.2, 0.25) is 0 Å². The minimum atomic E-state index is -0.872. The summed E-state index contributed by atoms with van der Waals surface area (Å²) >= 11 is 0. The van der Waals surface area contributed by atoms with Crippen LogP contribution < -0.4 is 10.6 Å². The first-order valence-corrected chi connectivity index (χ1v) is 12.7. The van der Waals surface area contributed by atoms with E-state index in [1.165, 1.54) is 6.42 Å². The Hall–Kier alpha value is -2.83. The average Bonchev–Trinajstić information content (AvgIpc) is 3.15. The quantitative estimate of drug-likeness (QED) is 0.467. The van der Waals surface area contributed by atoms with Gasteiger partial charge < -0.3 is 15.7 Å². The zero-order valence-corrected chi connectivity index (χ0v) is 20.6. The first kappa shape index (κ1) is 24.3. The number of rotatable bonds is 7. The number of aromatic nitrogens is 2. The summed E-state index contributed by atoms with van der Waals surface area (Å²) in [7, 11) is 0. The molecule has 2 aliphatic carbocycles. The number of aliphatic carboxylic acids is 1. The fourth-order valence-electron chi connectivity index (χ4n) is 5.32. The Balaban J connectivity index is 1.62. The smallest absolute Gasteiger partial charge is 0.305 e. The Bertz CT molecular complexity index is 1060. The highest BCUT2D eigenvalue weighted by Gasteiger charge is 2.28. The zero-order valence-electron chi connectivity index (χ0n) is 20.6. The fraction of sp³-hybridized carbons (Fsp3) is 0.593. The normalized spacial score (nSPS) is 20.3. The lowest BCUT2D eigenvalue weighted by Crippen LogP contribution is -2.42. The molecule has 2 aliphatic rings. The summed E-state index contributed by atoms with van der Waals surface area (Å²) in [5.74, 6) is 0.454. The highest BCUT2D eigenvalue weighted by Crippen LogP contribution is 2.35. The molecule has 7 nitrogen and oxygen atoms in total. The van der Waals surface area contributed by atoms with E-state index < -0.39 is 5.97 Å². The average molecular weight is 467 g/mol. The fourth-order valence-corrected chi connectivity index (χ4v) is 5.32. The summed E-state index contributed by atoms with van der Waals surface area (Å²) in [6.07, 6.45) is 14.7. The summed E-state index contributed by atoms with van der Waals surface area (Å²) in [5.41, 5.74) is 2.16. The van der Waals surface area contributed by atoms with Crippen molar-refractivity contribution in [3.63, 3.8) is 0 Å². The van der Waals surface area contributed by atoms with Gasteiger partial charge in [0, 0.05) is 29.3 Å². The molecule has 3 N–H and O–H groups in total. The molecular formula is C27H38N4O3. The number of nitrogens with zero attached hydrogens (tertiary/aromatic N) is 2. The van der Waals surface area contributed by atoms with Gasteiger partial charge in [-0.3, -0.25) is 14.0 Å². The third-order valence-corrected chi connectivity index (χ3v) is 6.99.